The third kappa shape index (κ3) is 2.81. The predicted octanol–water partition coefficient (Wildman–Crippen LogP) is 4.69. The highest BCUT2D eigenvalue weighted by Crippen LogP contribution is 2.24. The summed E-state index contributed by atoms with van der Waals surface area (Å²) in [6, 6.07) is 11.5. The minimum Gasteiger partial charge on any atom is -0.379 e. The molecule has 0 spiro atoms. The van der Waals surface area contributed by atoms with Crippen LogP contribution in [0.3, 0.4) is 0 Å². The van der Waals surface area contributed by atoms with E-state index in [1.165, 1.54) is 42.0 Å². The van der Waals surface area contributed by atoms with Crippen LogP contribution < -0.4 is 5.32 Å². The quantitative estimate of drug-likeness (QED) is 0.865. The van der Waals surface area contributed by atoms with Crippen molar-refractivity contribution in [2.24, 2.45) is 0 Å². The molecule has 0 saturated carbocycles. The molecule has 0 saturated heterocycles. The second-order valence-corrected chi connectivity index (χ2v) is 5.85. The lowest BCUT2D eigenvalue weighted by molar-refractivity contribution is 0.630. The molecule has 2 aromatic carbocycles. The van der Waals surface area contributed by atoms with Crippen molar-refractivity contribution < 1.29 is 4.39 Å². The van der Waals surface area contributed by atoms with E-state index in [4.69, 9.17) is 0 Å². The van der Waals surface area contributed by atoms with Crippen LogP contribution in [0.25, 0.3) is 0 Å². The summed E-state index contributed by atoms with van der Waals surface area (Å²) in [7, 11) is 0. The van der Waals surface area contributed by atoms with E-state index in [1.54, 1.807) is 12.1 Å². The van der Waals surface area contributed by atoms with Gasteiger partial charge in [0.05, 0.1) is 5.69 Å². The number of aryl methyl sites for hydroxylation is 2. The Bertz CT molecular complexity index is 610. The van der Waals surface area contributed by atoms with Gasteiger partial charge in [-0.3, -0.25) is 0 Å². The van der Waals surface area contributed by atoms with Crippen LogP contribution in [0.4, 0.5) is 10.1 Å². The average molecular weight is 320 g/mol. The Morgan fingerprint density at radius 1 is 1.05 bits per heavy atom. The zero-order valence-corrected chi connectivity index (χ0v) is 12.1. The van der Waals surface area contributed by atoms with Crippen LogP contribution in [0.5, 0.6) is 0 Å². The van der Waals surface area contributed by atoms with Gasteiger partial charge in [-0.25, -0.2) is 4.39 Å². The summed E-state index contributed by atoms with van der Waals surface area (Å²) in [6.45, 7) is 0.653. The van der Waals surface area contributed by atoms with E-state index < -0.39 is 0 Å². The Hall–Kier alpha value is -1.35. The summed E-state index contributed by atoms with van der Waals surface area (Å²) in [5, 5.41) is 3.16. The molecule has 0 atom stereocenters. The van der Waals surface area contributed by atoms with Gasteiger partial charge in [0, 0.05) is 11.0 Å². The molecule has 0 unspecified atom stereocenters. The molecule has 0 heterocycles. The highest BCUT2D eigenvalue weighted by molar-refractivity contribution is 9.10. The van der Waals surface area contributed by atoms with Gasteiger partial charge >= 0.3 is 0 Å². The Labute approximate surface area is 121 Å². The summed E-state index contributed by atoms with van der Waals surface area (Å²) >= 11 is 3.36. The number of hydrogen-bond donors (Lipinski definition) is 1. The van der Waals surface area contributed by atoms with Gasteiger partial charge in [-0.1, -0.05) is 34.1 Å². The molecule has 3 heteroatoms. The largest absolute Gasteiger partial charge is 0.379 e. The molecular weight excluding hydrogens is 305 g/mol. The lowest BCUT2D eigenvalue weighted by Gasteiger charge is -2.09. The SMILES string of the molecule is Fc1ccc(Br)cc1NCc1ccc2c(c1)CCC2. The van der Waals surface area contributed by atoms with Gasteiger partial charge in [-0.2, -0.15) is 0 Å². The molecule has 0 aliphatic heterocycles. The molecule has 3 rings (SSSR count). The molecule has 19 heavy (non-hydrogen) atoms. The van der Waals surface area contributed by atoms with Gasteiger partial charge in [0.15, 0.2) is 0 Å². The van der Waals surface area contributed by atoms with Crippen LogP contribution in [-0.4, -0.2) is 0 Å². The van der Waals surface area contributed by atoms with E-state index in [0.717, 1.165) is 4.47 Å². The minimum atomic E-state index is -0.218. The number of rotatable bonds is 3. The van der Waals surface area contributed by atoms with Crippen LogP contribution in [0.2, 0.25) is 0 Å². The maximum atomic E-state index is 13.6. The Balaban J connectivity index is 1.74. The van der Waals surface area contributed by atoms with Gasteiger partial charge in [0.1, 0.15) is 5.82 Å². The second-order valence-electron chi connectivity index (χ2n) is 4.93. The van der Waals surface area contributed by atoms with E-state index in [1.807, 2.05) is 0 Å². The Kier molecular flexibility index (Phi) is 3.56. The van der Waals surface area contributed by atoms with Crippen molar-refractivity contribution in [1.29, 1.82) is 0 Å². The third-order valence-corrected chi connectivity index (χ3v) is 4.07. The van der Waals surface area contributed by atoms with Crippen molar-refractivity contribution in [1.82, 2.24) is 0 Å². The first-order chi connectivity index (χ1) is 9.22. The van der Waals surface area contributed by atoms with Crippen LogP contribution in [0.15, 0.2) is 40.9 Å². The molecule has 0 aromatic heterocycles. The molecule has 1 aliphatic carbocycles. The van der Waals surface area contributed by atoms with Crippen LogP contribution in [0, 0.1) is 5.82 Å². The smallest absolute Gasteiger partial charge is 0.146 e. The molecule has 0 amide bonds. The minimum absolute atomic E-state index is 0.218. The number of nitrogens with one attached hydrogen (secondary N) is 1. The molecule has 0 fully saturated rings. The number of anilines is 1. The summed E-state index contributed by atoms with van der Waals surface area (Å²) in [4.78, 5) is 0. The van der Waals surface area contributed by atoms with E-state index in [0.29, 0.717) is 12.2 Å². The van der Waals surface area contributed by atoms with Crippen LogP contribution in [0.1, 0.15) is 23.1 Å². The number of hydrogen-bond acceptors (Lipinski definition) is 1. The number of fused-ring (bicyclic) bond motifs is 1. The van der Waals surface area contributed by atoms with Crippen molar-refractivity contribution in [2.75, 3.05) is 5.32 Å². The lowest BCUT2D eigenvalue weighted by atomic mass is 10.1. The highest BCUT2D eigenvalue weighted by Gasteiger charge is 2.10. The topological polar surface area (TPSA) is 12.0 Å². The van der Waals surface area contributed by atoms with Gasteiger partial charge in [-0.05, 0) is 54.2 Å². The maximum absolute atomic E-state index is 13.6. The fraction of sp³-hybridized carbons (Fsp3) is 0.250. The Morgan fingerprint density at radius 2 is 1.89 bits per heavy atom. The first kappa shape index (κ1) is 12.7. The lowest BCUT2D eigenvalue weighted by Crippen LogP contribution is -2.02. The Morgan fingerprint density at radius 3 is 2.79 bits per heavy atom. The molecule has 98 valence electrons. The molecule has 1 nitrogen and oxygen atoms in total. The van der Waals surface area contributed by atoms with E-state index in [9.17, 15) is 4.39 Å². The first-order valence-corrected chi connectivity index (χ1v) is 7.31. The van der Waals surface area contributed by atoms with E-state index in [-0.39, 0.29) is 5.82 Å². The third-order valence-electron chi connectivity index (χ3n) is 3.57. The van der Waals surface area contributed by atoms with Crippen molar-refractivity contribution in [2.45, 2.75) is 25.8 Å². The molecule has 2 aromatic rings. The van der Waals surface area contributed by atoms with Crippen molar-refractivity contribution >= 4 is 21.6 Å². The molecule has 1 N–H and O–H groups in total. The van der Waals surface area contributed by atoms with E-state index >= 15 is 0 Å². The number of benzene rings is 2. The standard InChI is InChI=1S/C16H15BrFN/c17-14-6-7-15(18)16(9-14)19-10-11-4-5-12-2-1-3-13(12)8-11/h4-9,19H,1-3,10H2. The zero-order chi connectivity index (χ0) is 13.2. The van der Waals surface area contributed by atoms with Gasteiger partial charge in [-0.15, -0.1) is 0 Å². The predicted molar refractivity (Wildman–Crippen MR) is 79.9 cm³/mol. The molecule has 0 radical (unpaired) electrons. The highest BCUT2D eigenvalue weighted by atomic mass is 79.9. The van der Waals surface area contributed by atoms with Gasteiger partial charge in [0.2, 0.25) is 0 Å². The summed E-state index contributed by atoms with van der Waals surface area (Å²) in [6.07, 6.45) is 3.63. The molecule has 1 aliphatic rings. The zero-order valence-electron chi connectivity index (χ0n) is 10.5. The van der Waals surface area contributed by atoms with E-state index in [2.05, 4.69) is 39.4 Å². The molecular formula is C16H15BrFN. The number of halogens is 2. The first-order valence-electron chi connectivity index (χ1n) is 6.52. The van der Waals surface area contributed by atoms with Crippen molar-refractivity contribution in [3.8, 4) is 0 Å². The van der Waals surface area contributed by atoms with Crippen molar-refractivity contribution in [3.63, 3.8) is 0 Å². The summed E-state index contributed by atoms with van der Waals surface area (Å²) in [5.74, 6) is -0.218. The average Bonchev–Trinajstić information content (AvgIpc) is 2.87. The summed E-state index contributed by atoms with van der Waals surface area (Å²) in [5.41, 5.74) is 4.67. The maximum Gasteiger partial charge on any atom is 0.146 e. The summed E-state index contributed by atoms with van der Waals surface area (Å²) < 4.78 is 14.5. The van der Waals surface area contributed by atoms with Gasteiger partial charge in [0.25, 0.3) is 0 Å². The van der Waals surface area contributed by atoms with Crippen LogP contribution >= 0.6 is 15.9 Å². The van der Waals surface area contributed by atoms with Crippen LogP contribution in [-0.2, 0) is 19.4 Å². The normalized spacial score (nSPS) is 13.4. The van der Waals surface area contributed by atoms with Gasteiger partial charge < -0.3 is 5.32 Å². The fourth-order valence-electron chi connectivity index (χ4n) is 2.57. The molecule has 0 bridgehead atoms. The van der Waals surface area contributed by atoms with Crippen molar-refractivity contribution in [3.05, 3.63) is 63.4 Å². The monoisotopic (exact) mass is 319 g/mol. The fourth-order valence-corrected chi connectivity index (χ4v) is 2.93. The second kappa shape index (κ2) is 5.33.